The van der Waals surface area contributed by atoms with Crippen molar-refractivity contribution in [2.75, 3.05) is 6.61 Å². The van der Waals surface area contributed by atoms with E-state index in [-0.39, 0.29) is 5.56 Å². The first kappa shape index (κ1) is 11.8. The Morgan fingerprint density at radius 2 is 1.89 bits per heavy atom. The van der Waals surface area contributed by atoms with Gasteiger partial charge in [-0.2, -0.15) is 0 Å². The predicted octanol–water partition coefficient (Wildman–Crippen LogP) is 3.10. The second kappa shape index (κ2) is 4.76. The minimum atomic E-state index is -0.954. The third-order valence-electron chi connectivity index (χ3n) is 3.52. The van der Waals surface area contributed by atoms with E-state index >= 15 is 0 Å². The molecule has 0 bridgehead atoms. The van der Waals surface area contributed by atoms with Gasteiger partial charge < -0.3 is 9.84 Å². The lowest BCUT2D eigenvalue weighted by Gasteiger charge is -2.30. The van der Waals surface area contributed by atoms with Gasteiger partial charge in [0.15, 0.2) is 0 Å². The Morgan fingerprint density at radius 1 is 1.16 bits per heavy atom. The molecule has 0 amide bonds. The Labute approximate surface area is 111 Å². The molecule has 0 saturated heterocycles. The highest BCUT2D eigenvalue weighted by Crippen LogP contribution is 2.35. The van der Waals surface area contributed by atoms with Crippen molar-refractivity contribution in [3.63, 3.8) is 0 Å². The Balaban J connectivity index is 1.70. The van der Waals surface area contributed by atoms with E-state index in [1.165, 1.54) is 11.1 Å². The van der Waals surface area contributed by atoms with Gasteiger partial charge in [-0.05, 0) is 29.7 Å². The lowest BCUT2D eigenvalue weighted by molar-refractivity contribution is 0.0691. The molecule has 2 aromatic carbocycles. The largest absolute Gasteiger partial charge is 0.492 e. The molecule has 3 nitrogen and oxygen atoms in total. The number of ether oxygens (including phenoxy) is 1. The molecular weight excluding hydrogens is 240 g/mol. The molecule has 0 heterocycles. The summed E-state index contributed by atoms with van der Waals surface area (Å²) in [5.41, 5.74) is 2.90. The summed E-state index contributed by atoms with van der Waals surface area (Å²) in [6.45, 7) is 0.529. The number of carboxylic acids is 1. The smallest absolute Gasteiger partial charge is 0.339 e. The maximum atomic E-state index is 11.1. The molecule has 1 N–H and O–H groups in total. The summed E-state index contributed by atoms with van der Waals surface area (Å²) in [5, 5.41) is 9.08. The molecule has 0 radical (unpaired) electrons. The van der Waals surface area contributed by atoms with Crippen molar-refractivity contribution in [2.24, 2.45) is 0 Å². The molecule has 0 spiro atoms. The van der Waals surface area contributed by atoms with Crippen molar-refractivity contribution in [3.8, 4) is 5.75 Å². The molecule has 2 aromatic rings. The van der Waals surface area contributed by atoms with Gasteiger partial charge in [-0.15, -0.1) is 0 Å². The number of hydrogen-bond donors (Lipinski definition) is 1. The molecule has 0 aromatic heterocycles. The fraction of sp³-hybridized carbons (Fsp3) is 0.188. The monoisotopic (exact) mass is 254 g/mol. The first-order valence-corrected chi connectivity index (χ1v) is 6.28. The number of para-hydroxylation sites is 1. The number of rotatable bonds is 4. The van der Waals surface area contributed by atoms with E-state index < -0.39 is 5.97 Å². The Kier molecular flexibility index (Phi) is 2.95. The lowest BCUT2D eigenvalue weighted by Crippen LogP contribution is -2.23. The van der Waals surface area contributed by atoms with Gasteiger partial charge >= 0.3 is 5.97 Å². The molecule has 0 saturated carbocycles. The van der Waals surface area contributed by atoms with E-state index in [2.05, 4.69) is 12.1 Å². The lowest BCUT2D eigenvalue weighted by atomic mass is 9.78. The van der Waals surface area contributed by atoms with Crippen LogP contribution in [0.15, 0.2) is 48.5 Å². The van der Waals surface area contributed by atoms with Crippen LogP contribution in [0.25, 0.3) is 0 Å². The minimum absolute atomic E-state index is 0.218. The zero-order valence-corrected chi connectivity index (χ0v) is 10.4. The van der Waals surface area contributed by atoms with Gasteiger partial charge in [0.1, 0.15) is 11.3 Å². The highest BCUT2D eigenvalue weighted by Gasteiger charge is 2.26. The first-order chi connectivity index (χ1) is 9.25. The van der Waals surface area contributed by atoms with Crippen molar-refractivity contribution >= 4 is 5.97 Å². The summed E-state index contributed by atoms with van der Waals surface area (Å²) in [5.74, 6) is -0.137. The topological polar surface area (TPSA) is 46.5 Å². The van der Waals surface area contributed by atoms with Crippen molar-refractivity contribution in [2.45, 2.75) is 12.3 Å². The van der Waals surface area contributed by atoms with Crippen LogP contribution < -0.4 is 4.74 Å². The molecule has 1 atom stereocenters. The maximum Gasteiger partial charge on any atom is 0.339 e. The standard InChI is InChI=1S/C16H14O3/c17-16(18)14-7-3-4-8-15(14)19-10-12-9-11-5-1-2-6-13(11)12/h1-8,12H,9-10H2,(H,17,18). The molecule has 1 unspecified atom stereocenters. The number of hydrogen-bond acceptors (Lipinski definition) is 2. The number of carboxylic acid groups (broad SMARTS) is 1. The van der Waals surface area contributed by atoms with Crippen LogP contribution in [0, 0.1) is 0 Å². The summed E-state index contributed by atoms with van der Waals surface area (Å²) in [7, 11) is 0. The molecule has 1 aliphatic rings. The zero-order valence-electron chi connectivity index (χ0n) is 10.4. The highest BCUT2D eigenvalue weighted by atomic mass is 16.5. The fourth-order valence-corrected chi connectivity index (χ4v) is 2.47. The molecule has 0 aliphatic heterocycles. The molecule has 19 heavy (non-hydrogen) atoms. The van der Waals surface area contributed by atoms with E-state index in [1.807, 2.05) is 12.1 Å². The molecule has 1 aliphatic carbocycles. The Hall–Kier alpha value is -2.29. The van der Waals surface area contributed by atoms with Crippen LogP contribution in [-0.4, -0.2) is 17.7 Å². The first-order valence-electron chi connectivity index (χ1n) is 6.28. The molecule has 3 rings (SSSR count). The minimum Gasteiger partial charge on any atom is -0.492 e. The predicted molar refractivity (Wildman–Crippen MR) is 71.8 cm³/mol. The van der Waals surface area contributed by atoms with Gasteiger partial charge in [-0.1, -0.05) is 36.4 Å². The third-order valence-corrected chi connectivity index (χ3v) is 3.52. The summed E-state index contributed by atoms with van der Waals surface area (Å²) >= 11 is 0. The van der Waals surface area contributed by atoms with E-state index in [0.717, 1.165) is 6.42 Å². The van der Waals surface area contributed by atoms with Crippen LogP contribution in [0.4, 0.5) is 0 Å². The molecule has 0 fully saturated rings. The van der Waals surface area contributed by atoms with Crippen LogP contribution in [0.2, 0.25) is 0 Å². The van der Waals surface area contributed by atoms with Gasteiger partial charge in [-0.25, -0.2) is 4.79 Å². The average Bonchev–Trinajstić information content (AvgIpc) is 2.40. The summed E-state index contributed by atoms with van der Waals surface area (Å²) < 4.78 is 5.68. The van der Waals surface area contributed by atoms with Crippen LogP contribution >= 0.6 is 0 Å². The SMILES string of the molecule is O=C(O)c1ccccc1OCC1Cc2ccccc21. The van der Waals surface area contributed by atoms with Crippen LogP contribution in [0.1, 0.15) is 27.4 Å². The van der Waals surface area contributed by atoms with Gasteiger partial charge in [-0.3, -0.25) is 0 Å². The third kappa shape index (κ3) is 2.19. The van der Waals surface area contributed by atoms with E-state index in [0.29, 0.717) is 18.3 Å². The van der Waals surface area contributed by atoms with Crippen molar-refractivity contribution in [1.82, 2.24) is 0 Å². The van der Waals surface area contributed by atoms with Gasteiger partial charge in [0.25, 0.3) is 0 Å². The van der Waals surface area contributed by atoms with Crippen molar-refractivity contribution < 1.29 is 14.6 Å². The van der Waals surface area contributed by atoms with Gasteiger partial charge in [0.2, 0.25) is 0 Å². The van der Waals surface area contributed by atoms with Gasteiger partial charge in [0.05, 0.1) is 6.61 Å². The number of aromatic carboxylic acids is 1. The summed E-state index contributed by atoms with van der Waals surface area (Å²) in [6, 6.07) is 15.0. The highest BCUT2D eigenvalue weighted by molar-refractivity contribution is 5.90. The quantitative estimate of drug-likeness (QED) is 0.911. The van der Waals surface area contributed by atoms with E-state index in [9.17, 15) is 4.79 Å². The van der Waals surface area contributed by atoms with Gasteiger partial charge in [0, 0.05) is 5.92 Å². The number of benzene rings is 2. The summed E-state index contributed by atoms with van der Waals surface area (Å²) in [4.78, 5) is 11.1. The zero-order chi connectivity index (χ0) is 13.2. The van der Waals surface area contributed by atoms with Crippen LogP contribution in [0.3, 0.4) is 0 Å². The number of fused-ring (bicyclic) bond motifs is 1. The van der Waals surface area contributed by atoms with Crippen molar-refractivity contribution in [1.29, 1.82) is 0 Å². The molecular formula is C16H14O3. The second-order valence-electron chi connectivity index (χ2n) is 4.71. The van der Waals surface area contributed by atoms with Crippen LogP contribution in [-0.2, 0) is 6.42 Å². The normalized spacial score (nSPS) is 16.3. The van der Waals surface area contributed by atoms with E-state index in [4.69, 9.17) is 9.84 Å². The fourth-order valence-electron chi connectivity index (χ4n) is 2.47. The molecule has 3 heteroatoms. The number of carbonyl (C=O) groups is 1. The van der Waals surface area contributed by atoms with E-state index in [1.54, 1.807) is 24.3 Å². The Bertz CT molecular complexity index is 619. The Morgan fingerprint density at radius 3 is 2.68 bits per heavy atom. The average molecular weight is 254 g/mol. The van der Waals surface area contributed by atoms with Crippen LogP contribution in [0.5, 0.6) is 5.75 Å². The second-order valence-corrected chi connectivity index (χ2v) is 4.71. The maximum absolute atomic E-state index is 11.1. The van der Waals surface area contributed by atoms with Crippen molar-refractivity contribution in [3.05, 3.63) is 65.2 Å². The summed E-state index contributed by atoms with van der Waals surface area (Å²) in [6.07, 6.45) is 1.01. The molecule has 96 valence electrons.